The molecule has 6 rings (SSSR count). The minimum Gasteiger partial charge on any atom is -0.479 e. The number of hydrogen-bond donors (Lipinski definition) is 8. The molecule has 1 fully saturated rings. The minimum absolute atomic E-state index is 0.00475. The molecule has 4 atom stereocenters. The second-order valence-corrected chi connectivity index (χ2v) is 17.4. The van der Waals surface area contributed by atoms with Crippen molar-refractivity contribution in [2.75, 3.05) is 45.9 Å². The zero-order valence-electron chi connectivity index (χ0n) is 38.5. The fraction of sp³-hybridized carbons (Fsp3) is 0.365. The molecule has 9 N–H and O–H groups in total. The first-order chi connectivity index (χ1) is 33.3. The predicted octanol–water partition coefficient (Wildman–Crippen LogP) is 1.73. The number of amides is 6. The van der Waals surface area contributed by atoms with E-state index in [4.69, 9.17) is 15.6 Å². The van der Waals surface area contributed by atoms with Crippen LogP contribution in [-0.4, -0.2) is 121 Å². The lowest BCUT2D eigenvalue weighted by molar-refractivity contribution is -0.146. The first kappa shape index (κ1) is 51.2. The number of hydrogen-bond acceptors (Lipinski definition) is 10. The van der Waals surface area contributed by atoms with Crippen LogP contribution >= 0.6 is 0 Å². The molecule has 17 nitrogen and oxygen atoms in total. The summed E-state index contributed by atoms with van der Waals surface area (Å²) in [5.74, 6) is -4.19. The van der Waals surface area contributed by atoms with Gasteiger partial charge in [-0.2, -0.15) is 0 Å². The summed E-state index contributed by atoms with van der Waals surface area (Å²) in [7, 11) is 0. The third-order valence-electron chi connectivity index (χ3n) is 12.3. The van der Waals surface area contributed by atoms with E-state index in [0.29, 0.717) is 49.2 Å². The zero-order valence-corrected chi connectivity index (χ0v) is 38.5. The largest absolute Gasteiger partial charge is 0.479 e. The van der Waals surface area contributed by atoms with Crippen molar-refractivity contribution in [3.05, 3.63) is 143 Å². The zero-order chi connectivity index (χ0) is 49.2. The number of carboxylic acids is 1. The SMILES string of the molecule is NCCOCCNC(=O)[C@@H]1CCNC(=O)/C=C/C(=O)N2CCC[C@](Cc3ccccc3)(C2)C(=O)N[C@@H](Cc2ccc(-c3ccc(C[C@H](O)C(=O)O)cc3)cc2)C(=O)NCc2ccccc2CC(=O)N1. The van der Waals surface area contributed by atoms with Crippen LogP contribution in [0.4, 0.5) is 0 Å². The number of nitrogens with two attached hydrogens (primary N) is 1. The molecular formula is C52H61N7O10. The van der Waals surface area contributed by atoms with Crippen molar-refractivity contribution in [2.24, 2.45) is 11.1 Å². The molecule has 0 spiro atoms. The Kier molecular flexibility index (Phi) is 18.7. The fourth-order valence-electron chi connectivity index (χ4n) is 8.55. The number of aliphatic carboxylic acids is 1. The van der Waals surface area contributed by atoms with Crippen LogP contribution in [0.1, 0.15) is 47.1 Å². The molecule has 0 saturated carbocycles. The normalized spacial score (nSPS) is 20.6. The number of rotatable bonds is 14. The highest BCUT2D eigenvalue weighted by Gasteiger charge is 2.44. The van der Waals surface area contributed by atoms with Crippen LogP contribution in [0.25, 0.3) is 11.1 Å². The van der Waals surface area contributed by atoms with Gasteiger partial charge in [-0.05, 0) is 64.6 Å². The molecule has 2 bridgehead atoms. The van der Waals surface area contributed by atoms with Gasteiger partial charge in [0.1, 0.15) is 12.1 Å². The minimum atomic E-state index is -1.51. The van der Waals surface area contributed by atoms with Crippen molar-refractivity contribution in [1.82, 2.24) is 31.5 Å². The number of benzene rings is 4. The van der Waals surface area contributed by atoms with Crippen LogP contribution in [0.3, 0.4) is 0 Å². The number of fused-ring (bicyclic) bond motifs is 3. The molecule has 2 heterocycles. The summed E-state index contributed by atoms with van der Waals surface area (Å²) in [6.45, 7) is 1.39. The van der Waals surface area contributed by atoms with Gasteiger partial charge in [0.15, 0.2) is 6.10 Å². The van der Waals surface area contributed by atoms with Crippen molar-refractivity contribution in [3.8, 4) is 11.1 Å². The maximum atomic E-state index is 14.9. The Morgan fingerprint density at radius 3 is 2.19 bits per heavy atom. The van der Waals surface area contributed by atoms with Crippen LogP contribution in [0.15, 0.2) is 115 Å². The van der Waals surface area contributed by atoms with Gasteiger partial charge in [0.2, 0.25) is 35.4 Å². The number of carbonyl (C=O) groups is 7. The number of ether oxygens (including phenoxy) is 1. The number of piperidine rings is 1. The number of aliphatic hydroxyl groups is 1. The third-order valence-corrected chi connectivity index (χ3v) is 12.3. The number of carbonyl (C=O) groups excluding carboxylic acids is 6. The van der Waals surface area contributed by atoms with E-state index in [9.17, 15) is 38.7 Å². The molecule has 0 radical (unpaired) electrons. The predicted molar refractivity (Wildman–Crippen MR) is 257 cm³/mol. The number of carboxylic acid groups (broad SMARTS) is 1. The molecule has 4 aromatic carbocycles. The Morgan fingerprint density at radius 2 is 1.49 bits per heavy atom. The van der Waals surface area contributed by atoms with Gasteiger partial charge >= 0.3 is 5.97 Å². The van der Waals surface area contributed by atoms with Gasteiger partial charge in [-0.3, -0.25) is 28.8 Å². The van der Waals surface area contributed by atoms with Crippen molar-refractivity contribution < 1.29 is 48.5 Å². The lowest BCUT2D eigenvalue weighted by atomic mass is 9.74. The highest BCUT2D eigenvalue weighted by Crippen LogP contribution is 2.35. The molecule has 364 valence electrons. The first-order valence-electron chi connectivity index (χ1n) is 23.2. The Hall–Kier alpha value is -7.21. The Balaban J connectivity index is 1.29. The highest BCUT2D eigenvalue weighted by molar-refractivity contribution is 5.97. The molecule has 1 saturated heterocycles. The molecule has 2 aliphatic heterocycles. The molecule has 2 aliphatic rings. The fourth-order valence-corrected chi connectivity index (χ4v) is 8.55. The second-order valence-electron chi connectivity index (χ2n) is 17.4. The molecule has 4 aromatic rings. The van der Waals surface area contributed by atoms with E-state index in [1.54, 1.807) is 41.3 Å². The van der Waals surface area contributed by atoms with Gasteiger partial charge in [0, 0.05) is 64.3 Å². The topological polar surface area (TPSA) is 259 Å². The molecule has 6 amide bonds. The van der Waals surface area contributed by atoms with E-state index in [-0.39, 0.29) is 64.9 Å². The Bertz CT molecular complexity index is 2450. The van der Waals surface area contributed by atoms with Crippen LogP contribution in [0.2, 0.25) is 0 Å². The molecule has 0 aliphatic carbocycles. The van der Waals surface area contributed by atoms with Gasteiger partial charge in [-0.15, -0.1) is 0 Å². The second kappa shape index (κ2) is 25.2. The average Bonchev–Trinajstić information content (AvgIpc) is 3.35. The monoisotopic (exact) mass is 943 g/mol. The van der Waals surface area contributed by atoms with Crippen LogP contribution < -0.4 is 32.3 Å². The van der Waals surface area contributed by atoms with Crippen molar-refractivity contribution in [1.29, 1.82) is 0 Å². The summed E-state index contributed by atoms with van der Waals surface area (Å²) in [6, 6.07) is 29.1. The van der Waals surface area contributed by atoms with Gasteiger partial charge in [-0.25, -0.2) is 4.79 Å². The highest BCUT2D eigenvalue weighted by atomic mass is 16.5. The van der Waals surface area contributed by atoms with Crippen molar-refractivity contribution in [3.63, 3.8) is 0 Å². The van der Waals surface area contributed by atoms with Gasteiger partial charge in [0.25, 0.3) is 0 Å². The smallest absolute Gasteiger partial charge is 0.332 e. The Labute approximate surface area is 401 Å². The molecular weight excluding hydrogens is 883 g/mol. The van der Waals surface area contributed by atoms with E-state index >= 15 is 0 Å². The summed E-state index contributed by atoms with van der Waals surface area (Å²) in [4.78, 5) is 95.8. The molecule has 17 heteroatoms. The van der Waals surface area contributed by atoms with Gasteiger partial charge < -0.3 is 52.2 Å². The molecule has 0 aromatic heterocycles. The number of aliphatic hydroxyl groups excluding tert-OH is 1. The van der Waals surface area contributed by atoms with Crippen molar-refractivity contribution >= 4 is 41.4 Å². The maximum absolute atomic E-state index is 14.9. The quantitative estimate of drug-likeness (QED) is 0.0845. The van der Waals surface area contributed by atoms with Crippen molar-refractivity contribution in [2.45, 2.75) is 69.7 Å². The third kappa shape index (κ3) is 15.1. The average molecular weight is 944 g/mol. The summed E-state index contributed by atoms with van der Waals surface area (Å²) in [5, 5.41) is 33.2. The number of nitrogens with zero attached hydrogens (tertiary/aromatic N) is 1. The van der Waals surface area contributed by atoms with Crippen LogP contribution in [0.5, 0.6) is 0 Å². The van der Waals surface area contributed by atoms with E-state index in [2.05, 4.69) is 26.6 Å². The van der Waals surface area contributed by atoms with E-state index in [1.165, 1.54) is 0 Å². The molecule has 0 unspecified atom stereocenters. The van der Waals surface area contributed by atoms with Gasteiger partial charge in [0.05, 0.1) is 25.0 Å². The van der Waals surface area contributed by atoms with Gasteiger partial charge in [-0.1, -0.05) is 103 Å². The standard InChI is InChI=1S/C52H61N7O10/c53-23-27-69-28-25-55-48(64)42-21-24-54-45(61)19-20-47(63)59-26-6-22-52(34-59,32-37-7-2-1-3-8-37)51(68)58-43(49(65)56-33-41-10-5-4-9-40(41)31-46(62)57-42)29-35-11-15-38(16-12-35)39-17-13-36(14-18-39)30-44(60)50(66)67/h1-5,7-20,42-44,60H,6,21-34,53H2,(H,54,61)(H,55,64)(H,56,65)(H,57,62)(H,58,68)(H,66,67)/b20-19+/t42-,43-,44-,52-/m0/s1. The molecule has 69 heavy (non-hydrogen) atoms. The van der Waals surface area contributed by atoms with E-state index in [1.807, 2.05) is 66.7 Å². The first-order valence-corrected chi connectivity index (χ1v) is 23.2. The Morgan fingerprint density at radius 1 is 0.812 bits per heavy atom. The van der Waals surface area contributed by atoms with Crippen LogP contribution in [-0.2, 0) is 70.5 Å². The van der Waals surface area contributed by atoms with Crippen LogP contribution in [0, 0.1) is 5.41 Å². The lowest BCUT2D eigenvalue weighted by Crippen LogP contribution is -2.58. The van der Waals surface area contributed by atoms with E-state index in [0.717, 1.165) is 34.4 Å². The number of nitrogens with one attached hydrogen (secondary N) is 5. The summed E-state index contributed by atoms with van der Waals surface area (Å²) < 4.78 is 5.36. The van der Waals surface area contributed by atoms with E-state index < -0.39 is 65.0 Å². The summed E-state index contributed by atoms with van der Waals surface area (Å²) in [5.41, 5.74) is 9.54. The lowest BCUT2D eigenvalue weighted by Gasteiger charge is -2.42. The summed E-state index contributed by atoms with van der Waals surface area (Å²) >= 11 is 0. The summed E-state index contributed by atoms with van der Waals surface area (Å²) in [6.07, 6.45) is 1.89. The maximum Gasteiger partial charge on any atom is 0.332 e.